The molecule has 2 aromatic carbocycles. The van der Waals surface area contributed by atoms with Gasteiger partial charge in [-0.25, -0.2) is 0 Å². The van der Waals surface area contributed by atoms with Gasteiger partial charge in [-0.2, -0.15) is 0 Å². The lowest BCUT2D eigenvalue weighted by Crippen LogP contribution is -2.34. The van der Waals surface area contributed by atoms with E-state index in [1.807, 2.05) is 24.1 Å². The highest BCUT2D eigenvalue weighted by atomic mass is 16.2. The average Bonchev–Trinajstić information content (AvgIpc) is 3.27. The van der Waals surface area contributed by atoms with E-state index >= 15 is 0 Å². The molecular weight excluding hydrogens is 306 g/mol. The van der Waals surface area contributed by atoms with E-state index in [9.17, 15) is 4.79 Å². The van der Waals surface area contributed by atoms with Crippen molar-refractivity contribution < 1.29 is 4.79 Å². The number of benzene rings is 2. The smallest absolute Gasteiger partial charge is 0.223 e. The second-order valence-electron chi connectivity index (χ2n) is 7.87. The number of carbonyl (C=O) groups excluding carboxylic acids is 1. The third kappa shape index (κ3) is 3.35. The summed E-state index contributed by atoms with van der Waals surface area (Å²) in [5.74, 6) is 2.59. The fourth-order valence-corrected chi connectivity index (χ4v) is 5.05. The van der Waals surface area contributed by atoms with Crippen molar-refractivity contribution in [2.75, 3.05) is 7.05 Å². The molecule has 2 nitrogen and oxygen atoms in total. The highest BCUT2D eigenvalue weighted by Gasteiger charge is 2.40. The molecule has 2 aliphatic carbocycles. The van der Waals surface area contributed by atoms with E-state index in [4.69, 9.17) is 0 Å². The first kappa shape index (κ1) is 16.4. The normalized spacial score (nSPS) is 24.6. The lowest BCUT2D eigenvalue weighted by molar-refractivity contribution is -0.132. The van der Waals surface area contributed by atoms with Crippen molar-refractivity contribution in [1.82, 2.24) is 4.90 Å². The van der Waals surface area contributed by atoms with E-state index in [0.29, 0.717) is 12.3 Å². The Bertz CT molecular complexity index is 672. The molecule has 2 bridgehead atoms. The van der Waals surface area contributed by atoms with Crippen LogP contribution in [-0.2, 0) is 4.79 Å². The summed E-state index contributed by atoms with van der Waals surface area (Å²) in [6.07, 6.45) is 6.08. The SMILES string of the molecule is CN(C(=O)C[C@H]1C[C@H]2CC[C@@H]1C2)C(c1ccccc1)c1ccccc1. The van der Waals surface area contributed by atoms with Crippen molar-refractivity contribution in [2.24, 2.45) is 17.8 Å². The minimum atomic E-state index is -0.00603. The maximum atomic E-state index is 13.1. The first-order chi connectivity index (χ1) is 12.2. The summed E-state index contributed by atoms with van der Waals surface area (Å²) in [6, 6.07) is 20.8. The lowest BCUT2D eigenvalue weighted by Gasteiger charge is -2.31. The maximum Gasteiger partial charge on any atom is 0.223 e. The summed E-state index contributed by atoms with van der Waals surface area (Å²) in [6.45, 7) is 0. The van der Waals surface area contributed by atoms with Gasteiger partial charge >= 0.3 is 0 Å². The molecule has 0 N–H and O–H groups in total. The monoisotopic (exact) mass is 333 g/mol. The molecule has 0 aromatic heterocycles. The summed E-state index contributed by atoms with van der Waals surface area (Å²) in [5, 5.41) is 0. The standard InChI is InChI=1S/C23H27NO/c1-24(22(25)16-21-15-17-12-13-20(21)14-17)23(18-8-4-2-5-9-18)19-10-6-3-7-11-19/h2-11,17,20-21,23H,12-16H2,1H3/t17-,20+,21+/m0/s1. The Balaban J connectivity index is 1.55. The quantitative estimate of drug-likeness (QED) is 0.749. The number of nitrogens with zero attached hydrogens (tertiary/aromatic N) is 1. The summed E-state index contributed by atoms with van der Waals surface area (Å²) in [4.78, 5) is 15.1. The summed E-state index contributed by atoms with van der Waals surface area (Å²) < 4.78 is 0. The van der Waals surface area contributed by atoms with Gasteiger partial charge in [-0.05, 0) is 48.1 Å². The molecule has 0 aliphatic heterocycles. The van der Waals surface area contributed by atoms with Gasteiger partial charge in [-0.15, -0.1) is 0 Å². The summed E-state index contributed by atoms with van der Waals surface area (Å²) in [5.41, 5.74) is 2.36. The van der Waals surface area contributed by atoms with Crippen molar-refractivity contribution in [3.8, 4) is 0 Å². The predicted molar refractivity (Wildman–Crippen MR) is 101 cm³/mol. The molecule has 2 fully saturated rings. The molecule has 0 heterocycles. The molecule has 4 rings (SSSR count). The van der Waals surface area contributed by atoms with Gasteiger partial charge in [0.1, 0.15) is 0 Å². The number of hydrogen-bond acceptors (Lipinski definition) is 1. The second-order valence-corrected chi connectivity index (χ2v) is 7.87. The van der Waals surface area contributed by atoms with Crippen LogP contribution in [0.15, 0.2) is 60.7 Å². The zero-order chi connectivity index (χ0) is 17.2. The highest BCUT2D eigenvalue weighted by Crippen LogP contribution is 2.49. The molecule has 0 unspecified atom stereocenters. The van der Waals surface area contributed by atoms with E-state index in [1.54, 1.807) is 0 Å². The number of rotatable bonds is 5. The molecule has 2 heteroatoms. The number of fused-ring (bicyclic) bond motifs is 2. The fraction of sp³-hybridized carbons (Fsp3) is 0.435. The summed E-state index contributed by atoms with van der Waals surface area (Å²) in [7, 11) is 1.97. The van der Waals surface area contributed by atoms with Crippen LogP contribution in [0, 0.1) is 17.8 Å². The van der Waals surface area contributed by atoms with E-state index < -0.39 is 0 Å². The number of amides is 1. The number of hydrogen-bond donors (Lipinski definition) is 0. The van der Waals surface area contributed by atoms with Crippen molar-refractivity contribution in [1.29, 1.82) is 0 Å². The Hall–Kier alpha value is -2.09. The topological polar surface area (TPSA) is 20.3 Å². The van der Waals surface area contributed by atoms with Crippen LogP contribution >= 0.6 is 0 Å². The van der Waals surface area contributed by atoms with Gasteiger partial charge in [0.05, 0.1) is 6.04 Å². The molecule has 1 amide bonds. The molecule has 25 heavy (non-hydrogen) atoms. The molecule has 0 spiro atoms. The lowest BCUT2D eigenvalue weighted by atomic mass is 9.86. The van der Waals surface area contributed by atoms with Gasteiger partial charge in [-0.1, -0.05) is 67.1 Å². The first-order valence-electron chi connectivity index (χ1n) is 9.58. The summed E-state index contributed by atoms with van der Waals surface area (Å²) >= 11 is 0. The van der Waals surface area contributed by atoms with Crippen LogP contribution in [0.5, 0.6) is 0 Å². The predicted octanol–water partition coefficient (Wildman–Crippen LogP) is 5.06. The highest BCUT2D eigenvalue weighted by molar-refractivity contribution is 5.77. The van der Waals surface area contributed by atoms with Gasteiger partial charge in [0.15, 0.2) is 0 Å². The van der Waals surface area contributed by atoms with E-state index in [2.05, 4.69) is 48.5 Å². The van der Waals surface area contributed by atoms with Crippen LogP contribution in [0.4, 0.5) is 0 Å². The largest absolute Gasteiger partial charge is 0.335 e. The minimum Gasteiger partial charge on any atom is -0.335 e. The van der Waals surface area contributed by atoms with Gasteiger partial charge < -0.3 is 4.90 Å². The van der Waals surface area contributed by atoms with E-state index in [-0.39, 0.29) is 11.9 Å². The minimum absolute atomic E-state index is 0.00603. The Morgan fingerprint density at radius 1 is 0.960 bits per heavy atom. The van der Waals surface area contributed by atoms with Crippen LogP contribution < -0.4 is 0 Å². The van der Waals surface area contributed by atoms with Crippen molar-refractivity contribution in [2.45, 2.75) is 38.1 Å². The molecule has 3 atom stereocenters. The molecule has 130 valence electrons. The Kier molecular flexibility index (Phi) is 4.61. The molecule has 0 saturated heterocycles. The van der Waals surface area contributed by atoms with Gasteiger partial charge in [-0.3, -0.25) is 4.79 Å². The fourth-order valence-electron chi connectivity index (χ4n) is 5.05. The average molecular weight is 333 g/mol. The van der Waals surface area contributed by atoms with Gasteiger partial charge in [0.25, 0.3) is 0 Å². The molecule has 2 aliphatic rings. The third-order valence-electron chi connectivity index (χ3n) is 6.33. The molecule has 2 aromatic rings. The zero-order valence-corrected chi connectivity index (χ0v) is 15.0. The van der Waals surface area contributed by atoms with Crippen molar-refractivity contribution in [3.63, 3.8) is 0 Å². The Labute approximate surface area is 150 Å². The molecule has 0 radical (unpaired) electrons. The Morgan fingerprint density at radius 3 is 2.04 bits per heavy atom. The van der Waals surface area contributed by atoms with Crippen LogP contribution in [0.25, 0.3) is 0 Å². The molecule has 2 saturated carbocycles. The van der Waals surface area contributed by atoms with Crippen LogP contribution in [-0.4, -0.2) is 17.9 Å². The maximum absolute atomic E-state index is 13.1. The zero-order valence-electron chi connectivity index (χ0n) is 15.0. The van der Waals surface area contributed by atoms with E-state index in [1.165, 1.54) is 36.8 Å². The molecular formula is C23H27NO. The van der Waals surface area contributed by atoms with Gasteiger partial charge in [0.2, 0.25) is 5.91 Å². The van der Waals surface area contributed by atoms with Crippen LogP contribution in [0.1, 0.15) is 49.3 Å². The van der Waals surface area contributed by atoms with Crippen LogP contribution in [0.2, 0.25) is 0 Å². The van der Waals surface area contributed by atoms with Crippen molar-refractivity contribution in [3.05, 3.63) is 71.8 Å². The van der Waals surface area contributed by atoms with Crippen LogP contribution in [0.3, 0.4) is 0 Å². The van der Waals surface area contributed by atoms with E-state index in [0.717, 1.165) is 11.8 Å². The number of carbonyl (C=O) groups is 1. The van der Waals surface area contributed by atoms with Gasteiger partial charge in [0, 0.05) is 13.5 Å². The third-order valence-corrected chi connectivity index (χ3v) is 6.33. The Morgan fingerprint density at radius 2 is 1.56 bits per heavy atom. The first-order valence-corrected chi connectivity index (χ1v) is 9.58. The second kappa shape index (κ2) is 7.03. The van der Waals surface area contributed by atoms with Crippen molar-refractivity contribution >= 4 is 5.91 Å².